The summed E-state index contributed by atoms with van der Waals surface area (Å²) in [7, 11) is 0. The number of alkyl carbamates (subject to hydrolysis) is 1. The highest BCUT2D eigenvalue weighted by Gasteiger charge is 2.39. The summed E-state index contributed by atoms with van der Waals surface area (Å²) in [5.41, 5.74) is -0.559. The van der Waals surface area contributed by atoms with Gasteiger partial charge >= 0.3 is 12.1 Å². The number of carbonyl (C=O) groups is 4. The van der Waals surface area contributed by atoms with E-state index >= 15 is 0 Å². The fourth-order valence-electron chi connectivity index (χ4n) is 4.57. The van der Waals surface area contributed by atoms with E-state index in [2.05, 4.69) is 10.6 Å². The second-order valence-electron chi connectivity index (χ2n) is 13.0. The third-order valence-electron chi connectivity index (χ3n) is 6.83. The zero-order chi connectivity index (χ0) is 33.9. The Labute approximate surface area is 266 Å². The van der Waals surface area contributed by atoms with Gasteiger partial charge in [0.1, 0.15) is 35.1 Å². The first-order valence-electron chi connectivity index (χ1n) is 15.2. The summed E-state index contributed by atoms with van der Waals surface area (Å²) in [5.74, 6) is -2.43. The Kier molecular flexibility index (Phi) is 13.4. The number of esters is 1. The predicted molar refractivity (Wildman–Crippen MR) is 170 cm³/mol. The Balaban J connectivity index is 2.58. The van der Waals surface area contributed by atoms with Crippen LogP contribution in [0, 0.1) is 5.92 Å². The number of benzene rings is 2. The van der Waals surface area contributed by atoms with Crippen molar-refractivity contribution in [3.8, 4) is 5.75 Å². The number of nitrogens with zero attached hydrogens (tertiary/aromatic N) is 1. The van der Waals surface area contributed by atoms with Crippen LogP contribution in [-0.2, 0) is 30.3 Å². The molecule has 0 spiro atoms. The minimum atomic E-state index is -1.35. The molecule has 3 amide bonds. The van der Waals surface area contributed by atoms with Crippen LogP contribution in [0.5, 0.6) is 5.75 Å². The van der Waals surface area contributed by atoms with Gasteiger partial charge in [0.15, 0.2) is 0 Å². The number of hydrogen-bond donors (Lipinski definition) is 4. The number of ether oxygens (including phenoxy) is 2. The third kappa shape index (κ3) is 12.1. The molecule has 11 heteroatoms. The summed E-state index contributed by atoms with van der Waals surface area (Å²) in [6, 6.07) is 11.3. The lowest BCUT2D eigenvalue weighted by Crippen LogP contribution is -2.57. The van der Waals surface area contributed by atoms with Crippen molar-refractivity contribution in [1.82, 2.24) is 15.5 Å². The van der Waals surface area contributed by atoms with Gasteiger partial charge < -0.3 is 35.2 Å². The van der Waals surface area contributed by atoms with E-state index in [0.717, 1.165) is 5.56 Å². The van der Waals surface area contributed by atoms with Crippen LogP contribution in [0.15, 0.2) is 54.6 Å². The average molecular weight is 628 g/mol. The van der Waals surface area contributed by atoms with E-state index in [4.69, 9.17) is 9.47 Å². The lowest BCUT2D eigenvalue weighted by Gasteiger charge is -2.36. The topological polar surface area (TPSA) is 154 Å². The molecule has 4 atom stereocenters. The zero-order valence-electron chi connectivity index (χ0n) is 27.6. The van der Waals surface area contributed by atoms with Crippen LogP contribution >= 0.6 is 0 Å². The maximum Gasteiger partial charge on any atom is 0.408 e. The van der Waals surface area contributed by atoms with E-state index in [1.54, 1.807) is 48.5 Å². The number of nitrogens with one attached hydrogen (secondary N) is 2. The lowest BCUT2D eigenvalue weighted by molar-refractivity contribution is -0.159. The molecule has 248 valence electrons. The highest BCUT2D eigenvalue weighted by atomic mass is 16.6. The summed E-state index contributed by atoms with van der Waals surface area (Å²) in [6.45, 7) is 13.1. The van der Waals surface area contributed by atoms with Gasteiger partial charge in [-0.25, -0.2) is 9.59 Å². The molecule has 0 saturated heterocycles. The van der Waals surface area contributed by atoms with Gasteiger partial charge in [0.2, 0.25) is 11.8 Å². The number of phenolic OH excluding ortho intramolecular Hbond substituents is 1. The van der Waals surface area contributed by atoms with Crippen molar-refractivity contribution in [2.24, 2.45) is 5.92 Å². The van der Waals surface area contributed by atoms with E-state index in [1.807, 2.05) is 37.3 Å². The van der Waals surface area contributed by atoms with E-state index in [0.29, 0.717) is 12.0 Å². The Hall–Kier alpha value is -4.12. The molecule has 4 N–H and O–H groups in total. The summed E-state index contributed by atoms with van der Waals surface area (Å²) < 4.78 is 11.0. The molecule has 2 aromatic carbocycles. The number of hydrogen-bond acceptors (Lipinski definition) is 8. The van der Waals surface area contributed by atoms with Crippen LogP contribution in [0.2, 0.25) is 0 Å². The average Bonchev–Trinajstić information content (AvgIpc) is 2.94. The summed E-state index contributed by atoms with van der Waals surface area (Å²) in [6.07, 6.45) is -0.177. The van der Waals surface area contributed by atoms with Crippen molar-refractivity contribution in [3.05, 3.63) is 65.7 Å². The van der Waals surface area contributed by atoms with Crippen molar-refractivity contribution in [3.63, 3.8) is 0 Å². The molecule has 0 bridgehead atoms. The molecule has 0 aromatic heterocycles. The van der Waals surface area contributed by atoms with Gasteiger partial charge in [0.05, 0.1) is 6.61 Å². The van der Waals surface area contributed by atoms with Crippen LogP contribution in [-0.4, -0.2) is 75.4 Å². The molecule has 0 aliphatic heterocycles. The number of phenols is 1. The van der Waals surface area contributed by atoms with E-state index in [9.17, 15) is 29.4 Å². The standard InChI is InChI=1S/C34H49N3O8/c1-9-22(2)27(36-32(43)45-34(6,7)8)30(41)37(19-20-38)28(24-15-17-25(39)18-16-24)29(40)35-26(31(42)44-33(3,4)5)21-23-13-11-10-12-14-23/h10-18,22,26-28,38-39H,9,19-21H2,1-8H3,(H,35,40)(H,36,43). The summed E-state index contributed by atoms with van der Waals surface area (Å²) >= 11 is 0. The molecule has 2 aromatic rings. The summed E-state index contributed by atoms with van der Waals surface area (Å²) in [4.78, 5) is 55.8. The van der Waals surface area contributed by atoms with Crippen molar-refractivity contribution < 1.29 is 38.9 Å². The molecule has 4 unspecified atom stereocenters. The minimum absolute atomic E-state index is 0.0577. The molecule has 0 saturated carbocycles. The zero-order valence-corrected chi connectivity index (χ0v) is 27.6. The number of amides is 3. The SMILES string of the molecule is CCC(C)C(NC(=O)OC(C)(C)C)C(=O)N(CCO)C(C(=O)NC(Cc1ccccc1)C(=O)OC(C)(C)C)c1ccc(O)cc1. The Morgan fingerprint density at radius 1 is 0.867 bits per heavy atom. The quantitative estimate of drug-likeness (QED) is 0.240. The first kappa shape index (κ1) is 37.1. The van der Waals surface area contributed by atoms with Gasteiger partial charge in [-0.1, -0.05) is 62.7 Å². The molecule has 2 rings (SSSR count). The van der Waals surface area contributed by atoms with Gasteiger partial charge in [0, 0.05) is 13.0 Å². The van der Waals surface area contributed by atoms with Crippen LogP contribution in [0.3, 0.4) is 0 Å². The van der Waals surface area contributed by atoms with Crippen LogP contribution < -0.4 is 10.6 Å². The number of aromatic hydroxyl groups is 1. The highest BCUT2D eigenvalue weighted by molar-refractivity contribution is 5.94. The number of rotatable bonds is 13. The molecular weight excluding hydrogens is 578 g/mol. The maximum atomic E-state index is 14.2. The van der Waals surface area contributed by atoms with E-state index in [1.165, 1.54) is 29.2 Å². The fourth-order valence-corrected chi connectivity index (χ4v) is 4.57. The van der Waals surface area contributed by atoms with E-state index in [-0.39, 0.29) is 24.6 Å². The first-order chi connectivity index (χ1) is 21.0. The van der Waals surface area contributed by atoms with Gasteiger partial charge in [-0.3, -0.25) is 9.59 Å². The highest BCUT2D eigenvalue weighted by Crippen LogP contribution is 2.26. The Morgan fingerprint density at radius 3 is 1.96 bits per heavy atom. The molecule has 0 aliphatic carbocycles. The second-order valence-corrected chi connectivity index (χ2v) is 13.0. The van der Waals surface area contributed by atoms with Crippen LogP contribution in [0.1, 0.15) is 79.0 Å². The lowest BCUT2D eigenvalue weighted by atomic mass is 9.95. The van der Waals surface area contributed by atoms with Gasteiger partial charge in [-0.15, -0.1) is 0 Å². The third-order valence-corrected chi connectivity index (χ3v) is 6.83. The predicted octanol–water partition coefficient (Wildman–Crippen LogP) is 4.26. The minimum Gasteiger partial charge on any atom is -0.508 e. The molecular formula is C34H49N3O8. The number of aliphatic hydroxyl groups excluding tert-OH is 1. The van der Waals surface area contributed by atoms with Crippen molar-refractivity contribution >= 4 is 23.9 Å². The summed E-state index contributed by atoms with van der Waals surface area (Å²) in [5, 5.41) is 25.5. The number of aliphatic hydroxyl groups is 1. The van der Waals surface area contributed by atoms with Crippen molar-refractivity contribution in [1.29, 1.82) is 0 Å². The van der Waals surface area contributed by atoms with Gasteiger partial charge in [-0.2, -0.15) is 0 Å². The molecule has 0 fully saturated rings. The van der Waals surface area contributed by atoms with Crippen LogP contribution in [0.25, 0.3) is 0 Å². The second kappa shape index (κ2) is 16.3. The molecule has 45 heavy (non-hydrogen) atoms. The largest absolute Gasteiger partial charge is 0.508 e. The van der Waals surface area contributed by atoms with Crippen molar-refractivity contribution in [2.75, 3.05) is 13.2 Å². The molecule has 0 aliphatic rings. The van der Waals surface area contributed by atoms with Crippen molar-refractivity contribution in [2.45, 2.75) is 97.6 Å². The fraction of sp³-hybridized carbons (Fsp3) is 0.529. The van der Waals surface area contributed by atoms with Gasteiger partial charge in [-0.05, 0) is 70.7 Å². The molecule has 11 nitrogen and oxygen atoms in total. The normalized spacial score (nSPS) is 14.3. The molecule has 0 radical (unpaired) electrons. The maximum absolute atomic E-state index is 14.2. The monoisotopic (exact) mass is 627 g/mol. The van der Waals surface area contributed by atoms with Gasteiger partial charge in [0.25, 0.3) is 0 Å². The van der Waals surface area contributed by atoms with E-state index < -0.39 is 59.8 Å². The Morgan fingerprint density at radius 2 is 1.44 bits per heavy atom. The Bertz CT molecular complexity index is 1270. The molecule has 0 heterocycles. The number of carbonyl (C=O) groups excluding carboxylic acids is 4. The first-order valence-corrected chi connectivity index (χ1v) is 15.2. The van der Waals surface area contributed by atoms with Crippen LogP contribution in [0.4, 0.5) is 4.79 Å². The smallest absolute Gasteiger partial charge is 0.408 e.